The van der Waals surface area contributed by atoms with Crippen LogP contribution in [0.1, 0.15) is 23.8 Å². The molecule has 3 aromatic rings. The molecule has 0 aliphatic carbocycles. The first-order valence-electron chi connectivity index (χ1n) is 8.88. The minimum atomic E-state index is -4.41. The van der Waals surface area contributed by atoms with E-state index in [0.29, 0.717) is 22.5 Å². The molecule has 0 spiro atoms. The topological polar surface area (TPSA) is 105 Å². The molecule has 3 heterocycles. The van der Waals surface area contributed by atoms with Crippen LogP contribution in [0.2, 0.25) is 0 Å². The Hall–Kier alpha value is -2.76. The molecule has 0 saturated carbocycles. The lowest BCUT2D eigenvalue weighted by Crippen LogP contribution is -2.19. The van der Waals surface area contributed by atoms with Gasteiger partial charge in [0.05, 0.1) is 24.6 Å². The van der Waals surface area contributed by atoms with Crippen molar-refractivity contribution in [3.05, 3.63) is 48.0 Å². The maximum Gasteiger partial charge on any atom is 0.416 e. The molecular formula is C18H18F3N5O3. The summed E-state index contributed by atoms with van der Waals surface area (Å²) in [7, 11) is 0. The number of fused-ring (bicyclic) bond motifs is 1. The van der Waals surface area contributed by atoms with Crippen molar-refractivity contribution in [3.63, 3.8) is 0 Å². The second-order valence-electron chi connectivity index (χ2n) is 6.73. The standard InChI is InChI=1S/C18H18F3N5O3/c19-18(20,21)11-3-1-2-10(4-11)6-22-15-14-16(24-8-23-15)26(9-25-14)17-13(28)5-12(7-27)29-17/h1-4,8-9,12-13,17,27-28H,5-7H2,(H,22,23,24)/t12-,13+,17+/m0/s1. The lowest BCUT2D eigenvalue weighted by Gasteiger charge is -2.16. The molecule has 2 aromatic heterocycles. The van der Waals surface area contributed by atoms with Crippen LogP contribution in [0.3, 0.4) is 0 Å². The fourth-order valence-corrected chi connectivity index (χ4v) is 3.31. The predicted octanol–water partition coefficient (Wildman–Crippen LogP) is 2.10. The number of halogens is 3. The smallest absolute Gasteiger partial charge is 0.394 e. The molecular weight excluding hydrogens is 391 g/mol. The largest absolute Gasteiger partial charge is 0.416 e. The number of hydrogen-bond acceptors (Lipinski definition) is 7. The highest BCUT2D eigenvalue weighted by molar-refractivity contribution is 5.82. The highest BCUT2D eigenvalue weighted by Gasteiger charge is 2.36. The number of imidazole rings is 1. The molecule has 0 bridgehead atoms. The Balaban J connectivity index is 1.56. The molecule has 154 valence electrons. The molecule has 1 aliphatic heterocycles. The average molecular weight is 409 g/mol. The number of ether oxygens (including phenoxy) is 1. The predicted molar refractivity (Wildman–Crippen MR) is 95.7 cm³/mol. The number of aliphatic hydroxyl groups is 2. The van der Waals surface area contributed by atoms with Gasteiger partial charge in [0.25, 0.3) is 0 Å². The molecule has 0 radical (unpaired) electrons. The third-order valence-corrected chi connectivity index (χ3v) is 4.72. The van der Waals surface area contributed by atoms with E-state index in [1.165, 1.54) is 18.7 Å². The van der Waals surface area contributed by atoms with Crippen LogP contribution >= 0.6 is 0 Å². The number of benzene rings is 1. The highest BCUT2D eigenvalue weighted by atomic mass is 19.4. The summed E-state index contributed by atoms with van der Waals surface area (Å²) in [6, 6.07) is 5.01. The van der Waals surface area contributed by atoms with Crippen molar-refractivity contribution >= 4 is 17.0 Å². The fraction of sp³-hybridized carbons (Fsp3) is 0.389. The van der Waals surface area contributed by atoms with Gasteiger partial charge in [0.2, 0.25) is 0 Å². The summed E-state index contributed by atoms with van der Waals surface area (Å²) in [5, 5.41) is 22.4. The summed E-state index contributed by atoms with van der Waals surface area (Å²) in [4.78, 5) is 12.6. The lowest BCUT2D eigenvalue weighted by atomic mass is 10.1. The molecule has 1 aromatic carbocycles. The number of anilines is 1. The van der Waals surface area contributed by atoms with Crippen LogP contribution in [0, 0.1) is 0 Å². The summed E-state index contributed by atoms with van der Waals surface area (Å²) < 4.78 is 45.8. The molecule has 1 saturated heterocycles. The van der Waals surface area contributed by atoms with Gasteiger partial charge in [0.1, 0.15) is 12.4 Å². The summed E-state index contributed by atoms with van der Waals surface area (Å²) >= 11 is 0. The normalized spacial score (nSPS) is 22.3. The van der Waals surface area contributed by atoms with Crippen molar-refractivity contribution in [1.29, 1.82) is 0 Å². The Labute approximate surface area is 163 Å². The number of aliphatic hydroxyl groups excluding tert-OH is 2. The van der Waals surface area contributed by atoms with E-state index < -0.39 is 30.2 Å². The molecule has 29 heavy (non-hydrogen) atoms. The maximum atomic E-state index is 12.9. The third-order valence-electron chi connectivity index (χ3n) is 4.72. The molecule has 1 aliphatic rings. The zero-order chi connectivity index (χ0) is 20.6. The number of aromatic nitrogens is 4. The summed E-state index contributed by atoms with van der Waals surface area (Å²) in [5.74, 6) is 0.345. The Morgan fingerprint density at radius 2 is 2.07 bits per heavy atom. The van der Waals surface area contributed by atoms with E-state index in [9.17, 15) is 23.4 Å². The van der Waals surface area contributed by atoms with Crippen LogP contribution in [0.15, 0.2) is 36.9 Å². The average Bonchev–Trinajstić information content (AvgIpc) is 3.29. The van der Waals surface area contributed by atoms with Crippen molar-refractivity contribution in [3.8, 4) is 0 Å². The SMILES string of the molecule is OC[C@@H]1C[C@@H](O)[C@H](n2cnc3c(NCc4cccc(C(F)(F)F)c4)ncnc32)O1. The minimum Gasteiger partial charge on any atom is -0.394 e. The van der Waals surface area contributed by atoms with Gasteiger partial charge in [0.15, 0.2) is 23.2 Å². The summed E-state index contributed by atoms with van der Waals surface area (Å²) in [5.41, 5.74) is 0.503. The second kappa shape index (κ2) is 7.58. The van der Waals surface area contributed by atoms with Crippen LogP contribution in [0.4, 0.5) is 19.0 Å². The van der Waals surface area contributed by atoms with Crippen molar-refractivity contribution in [2.45, 2.75) is 37.6 Å². The third kappa shape index (κ3) is 3.88. The molecule has 0 amide bonds. The number of nitrogens with zero attached hydrogens (tertiary/aromatic N) is 4. The van der Waals surface area contributed by atoms with Gasteiger partial charge in [-0.25, -0.2) is 15.0 Å². The highest BCUT2D eigenvalue weighted by Crippen LogP contribution is 2.32. The molecule has 11 heteroatoms. The van der Waals surface area contributed by atoms with E-state index in [0.717, 1.165) is 12.1 Å². The number of alkyl halides is 3. The molecule has 4 rings (SSSR count). The lowest BCUT2D eigenvalue weighted by molar-refractivity contribution is -0.137. The van der Waals surface area contributed by atoms with Gasteiger partial charge in [-0.3, -0.25) is 4.57 Å². The van der Waals surface area contributed by atoms with Crippen LogP contribution in [-0.2, 0) is 17.5 Å². The zero-order valence-corrected chi connectivity index (χ0v) is 15.0. The van der Waals surface area contributed by atoms with E-state index in [1.54, 1.807) is 10.6 Å². The van der Waals surface area contributed by atoms with E-state index in [1.807, 2.05) is 0 Å². The summed E-state index contributed by atoms with van der Waals surface area (Å²) in [6.45, 7) is -0.100. The molecule has 1 fully saturated rings. The van der Waals surface area contributed by atoms with Gasteiger partial charge >= 0.3 is 6.18 Å². The number of nitrogens with one attached hydrogen (secondary N) is 1. The fourth-order valence-electron chi connectivity index (χ4n) is 3.31. The first kappa shape index (κ1) is 19.6. The molecule has 0 unspecified atom stereocenters. The van der Waals surface area contributed by atoms with Crippen LogP contribution < -0.4 is 5.32 Å². The van der Waals surface area contributed by atoms with E-state index >= 15 is 0 Å². The Kier molecular flexibility index (Phi) is 5.11. The Morgan fingerprint density at radius 1 is 1.24 bits per heavy atom. The van der Waals surface area contributed by atoms with Crippen LogP contribution in [0.5, 0.6) is 0 Å². The Bertz CT molecular complexity index is 1010. The van der Waals surface area contributed by atoms with Crippen molar-refractivity contribution < 1.29 is 28.1 Å². The van der Waals surface area contributed by atoms with Gasteiger partial charge in [0, 0.05) is 13.0 Å². The quantitative estimate of drug-likeness (QED) is 0.593. The first-order chi connectivity index (χ1) is 13.9. The first-order valence-corrected chi connectivity index (χ1v) is 8.88. The van der Waals surface area contributed by atoms with Crippen molar-refractivity contribution in [2.24, 2.45) is 0 Å². The summed E-state index contributed by atoms with van der Waals surface area (Å²) in [6.07, 6.45) is -3.45. The zero-order valence-electron chi connectivity index (χ0n) is 15.0. The molecule has 8 nitrogen and oxygen atoms in total. The molecule has 3 N–H and O–H groups in total. The van der Waals surface area contributed by atoms with Crippen LogP contribution in [0.25, 0.3) is 11.2 Å². The van der Waals surface area contributed by atoms with Crippen molar-refractivity contribution in [2.75, 3.05) is 11.9 Å². The number of rotatable bonds is 5. The van der Waals surface area contributed by atoms with Gasteiger partial charge in [-0.15, -0.1) is 0 Å². The van der Waals surface area contributed by atoms with E-state index in [2.05, 4.69) is 20.3 Å². The monoisotopic (exact) mass is 409 g/mol. The molecule has 3 atom stereocenters. The van der Waals surface area contributed by atoms with Gasteiger partial charge < -0.3 is 20.3 Å². The van der Waals surface area contributed by atoms with Crippen molar-refractivity contribution in [1.82, 2.24) is 19.5 Å². The maximum absolute atomic E-state index is 12.9. The van der Waals surface area contributed by atoms with E-state index in [-0.39, 0.29) is 19.6 Å². The van der Waals surface area contributed by atoms with Gasteiger partial charge in [-0.2, -0.15) is 13.2 Å². The second-order valence-corrected chi connectivity index (χ2v) is 6.73. The Morgan fingerprint density at radius 3 is 2.79 bits per heavy atom. The van der Waals surface area contributed by atoms with Crippen LogP contribution in [-0.4, -0.2) is 48.5 Å². The minimum absolute atomic E-state index is 0.109. The van der Waals surface area contributed by atoms with Gasteiger partial charge in [-0.1, -0.05) is 12.1 Å². The number of hydrogen-bond donors (Lipinski definition) is 3. The van der Waals surface area contributed by atoms with E-state index in [4.69, 9.17) is 4.74 Å². The van der Waals surface area contributed by atoms with Gasteiger partial charge in [-0.05, 0) is 17.7 Å².